The second kappa shape index (κ2) is 16.0. The monoisotopic (exact) mass is 641 g/mol. The standard InChI is InChI=1S/C45H39NO3/c1-47-43-28-16-37(17-29-43)7-4-34-10-22-40(23-11-34)46(41-24-12-35(13-25-41)5-8-38-18-30-44(48-2)31-19-38)42-26-14-36(15-27-42)6-9-39-20-32-45(49-3)33-21-39/h4-33H,1-3H3/b7-4+,8-5+,9-6+. The first-order chi connectivity index (χ1) is 24.1. The number of methoxy groups -OCH3 is 3. The maximum absolute atomic E-state index is 5.29. The SMILES string of the molecule is COc1ccc(/C=C/c2ccc(N(c3ccc(/C=C/c4ccc(OC)cc4)cc3)c3ccc(/C=C/c4ccc(OC)cc4)cc3)cc2)cc1. The highest BCUT2D eigenvalue weighted by Gasteiger charge is 2.12. The summed E-state index contributed by atoms with van der Waals surface area (Å²) in [5, 5.41) is 0. The maximum atomic E-state index is 5.29. The van der Waals surface area contributed by atoms with Crippen molar-refractivity contribution in [2.75, 3.05) is 26.2 Å². The summed E-state index contributed by atoms with van der Waals surface area (Å²) in [6.07, 6.45) is 12.7. The summed E-state index contributed by atoms with van der Waals surface area (Å²) in [7, 11) is 5.04. The van der Waals surface area contributed by atoms with E-state index in [1.165, 1.54) is 0 Å². The molecule has 0 radical (unpaired) electrons. The Balaban J connectivity index is 1.25. The Morgan fingerprint density at radius 1 is 0.286 bits per heavy atom. The predicted molar refractivity (Wildman–Crippen MR) is 207 cm³/mol. The molecule has 0 aliphatic carbocycles. The van der Waals surface area contributed by atoms with Crippen LogP contribution in [0.15, 0.2) is 146 Å². The van der Waals surface area contributed by atoms with Crippen molar-refractivity contribution in [2.24, 2.45) is 0 Å². The van der Waals surface area contributed by atoms with Gasteiger partial charge in [0.1, 0.15) is 17.2 Å². The van der Waals surface area contributed by atoms with Crippen LogP contribution in [0.2, 0.25) is 0 Å². The first-order valence-corrected chi connectivity index (χ1v) is 16.2. The first-order valence-electron chi connectivity index (χ1n) is 16.2. The number of anilines is 3. The van der Waals surface area contributed by atoms with Gasteiger partial charge in [0.25, 0.3) is 0 Å². The van der Waals surface area contributed by atoms with Crippen molar-refractivity contribution >= 4 is 53.5 Å². The number of hydrogen-bond donors (Lipinski definition) is 0. The van der Waals surface area contributed by atoms with Gasteiger partial charge in [0.15, 0.2) is 0 Å². The minimum atomic E-state index is 0.851. The zero-order chi connectivity index (χ0) is 33.8. The number of rotatable bonds is 12. The Morgan fingerprint density at radius 3 is 0.653 bits per heavy atom. The number of ether oxygens (including phenoxy) is 3. The molecule has 0 unspecified atom stereocenters. The molecular weight excluding hydrogens is 602 g/mol. The topological polar surface area (TPSA) is 30.9 Å². The van der Waals surface area contributed by atoms with E-state index >= 15 is 0 Å². The summed E-state index contributed by atoms with van der Waals surface area (Å²) in [6, 6.07) is 50.1. The lowest BCUT2D eigenvalue weighted by Crippen LogP contribution is -2.09. The summed E-state index contributed by atoms with van der Waals surface area (Å²) in [4.78, 5) is 2.28. The van der Waals surface area contributed by atoms with Gasteiger partial charge < -0.3 is 19.1 Å². The fraction of sp³-hybridized carbons (Fsp3) is 0.0667. The highest BCUT2D eigenvalue weighted by Crippen LogP contribution is 2.35. The lowest BCUT2D eigenvalue weighted by Gasteiger charge is -2.26. The number of hydrogen-bond acceptors (Lipinski definition) is 4. The minimum Gasteiger partial charge on any atom is -0.497 e. The zero-order valence-corrected chi connectivity index (χ0v) is 28.0. The molecule has 0 saturated carbocycles. The molecule has 49 heavy (non-hydrogen) atoms. The fourth-order valence-corrected chi connectivity index (χ4v) is 5.37. The molecule has 6 aromatic rings. The Hall–Kier alpha value is -6.26. The Kier molecular flexibility index (Phi) is 10.7. The van der Waals surface area contributed by atoms with E-state index in [0.717, 1.165) is 67.7 Å². The van der Waals surface area contributed by atoms with Crippen LogP contribution in [0.3, 0.4) is 0 Å². The molecule has 0 N–H and O–H groups in total. The van der Waals surface area contributed by atoms with Gasteiger partial charge in [-0.25, -0.2) is 0 Å². The van der Waals surface area contributed by atoms with E-state index in [2.05, 4.69) is 151 Å². The average Bonchev–Trinajstić information content (AvgIpc) is 3.17. The van der Waals surface area contributed by atoms with E-state index in [9.17, 15) is 0 Å². The lowest BCUT2D eigenvalue weighted by molar-refractivity contribution is 0.414. The molecule has 0 bridgehead atoms. The quantitative estimate of drug-likeness (QED) is 0.124. The molecule has 0 fully saturated rings. The molecule has 0 aliphatic heterocycles. The second-order valence-electron chi connectivity index (χ2n) is 11.4. The summed E-state index contributed by atoms with van der Waals surface area (Å²) >= 11 is 0. The van der Waals surface area contributed by atoms with Crippen molar-refractivity contribution < 1.29 is 14.2 Å². The molecule has 4 nitrogen and oxygen atoms in total. The smallest absolute Gasteiger partial charge is 0.118 e. The molecule has 0 spiro atoms. The lowest BCUT2D eigenvalue weighted by atomic mass is 10.1. The predicted octanol–water partition coefficient (Wildman–Crippen LogP) is 11.7. The zero-order valence-electron chi connectivity index (χ0n) is 28.0. The van der Waals surface area contributed by atoms with Gasteiger partial charge in [-0.15, -0.1) is 0 Å². The van der Waals surface area contributed by atoms with E-state index in [-0.39, 0.29) is 0 Å². The van der Waals surface area contributed by atoms with Gasteiger partial charge in [-0.2, -0.15) is 0 Å². The van der Waals surface area contributed by atoms with E-state index < -0.39 is 0 Å². The molecule has 0 aromatic heterocycles. The van der Waals surface area contributed by atoms with Crippen molar-refractivity contribution in [2.45, 2.75) is 0 Å². The number of nitrogens with zero attached hydrogens (tertiary/aromatic N) is 1. The summed E-state index contributed by atoms with van der Waals surface area (Å²) < 4.78 is 15.9. The van der Waals surface area contributed by atoms with Crippen LogP contribution in [0, 0.1) is 0 Å². The van der Waals surface area contributed by atoms with Crippen molar-refractivity contribution in [1.29, 1.82) is 0 Å². The third kappa shape index (κ3) is 8.76. The summed E-state index contributed by atoms with van der Waals surface area (Å²) in [5.74, 6) is 2.55. The molecule has 0 saturated heterocycles. The van der Waals surface area contributed by atoms with Crippen molar-refractivity contribution in [3.63, 3.8) is 0 Å². The van der Waals surface area contributed by atoms with Crippen molar-refractivity contribution in [3.05, 3.63) is 179 Å². The van der Waals surface area contributed by atoms with Crippen LogP contribution in [-0.2, 0) is 0 Å². The maximum Gasteiger partial charge on any atom is 0.118 e. The molecule has 0 heterocycles. The van der Waals surface area contributed by atoms with Gasteiger partial charge >= 0.3 is 0 Å². The normalized spacial score (nSPS) is 11.3. The van der Waals surface area contributed by atoms with Crippen LogP contribution < -0.4 is 19.1 Å². The van der Waals surface area contributed by atoms with Gasteiger partial charge in [-0.1, -0.05) is 109 Å². The van der Waals surface area contributed by atoms with Gasteiger partial charge in [0.05, 0.1) is 21.3 Å². The van der Waals surface area contributed by atoms with E-state index in [1.54, 1.807) is 21.3 Å². The van der Waals surface area contributed by atoms with E-state index in [1.807, 2.05) is 36.4 Å². The molecule has 0 atom stereocenters. The van der Waals surface area contributed by atoms with Crippen molar-refractivity contribution in [1.82, 2.24) is 0 Å². The minimum absolute atomic E-state index is 0.851. The molecule has 4 heteroatoms. The van der Waals surface area contributed by atoms with Crippen LogP contribution in [0.5, 0.6) is 17.2 Å². The van der Waals surface area contributed by atoms with Crippen LogP contribution >= 0.6 is 0 Å². The average molecular weight is 642 g/mol. The fourth-order valence-electron chi connectivity index (χ4n) is 5.37. The van der Waals surface area contributed by atoms with Crippen molar-refractivity contribution in [3.8, 4) is 17.2 Å². The highest BCUT2D eigenvalue weighted by molar-refractivity contribution is 5.80. The van der Waals surface area contributed by atoms with Gasteiger partial charge in [0, 0.05) is 17.1 Å². The molecule has 0 amide bonds. The summed E-state index contributed by atoms with van der Waals surface area (Å²) in [5.41, 5.74) is 9.95. The molecule has 6 rings (SSSR count). The van der Waals surface area contributed by atoms with Crippen LogP contribution in [0.1, 0.15) is 33.4 Å². The highest BCUT2D eigenvalue weighted by atomic mass is 16.5. The Labute approximate surface area is 289 Å². The second-order valence-corrected chi connectivity index (χ2v) is 11.4. The molecule has 0 aliphatic rings. The molecule has 242 valence electrons. The molecule has 6 aromatic carbocycles. The van der Waals surface area contributed by atoms with Gasteiger partial charge in [-0.3, -0.25) is 0 Å². The third-order valence-electron chi connectivity index (χ3n) is 8.21. The molecular formula is C45H39NO3. The number of benzene rings is 6. The Morgan fingerprint density at radius 2 is 0.469 bits per heavy atom. The van der Waals surface area contributed by atoms with E-state index in [4.69, 9.17) is 14.2 Å². The first kappa shape index (κ1) is 32.7. The third-order valence-corrected chi connectivity index (χ3v) is 8.21. The Bertz CT molecular complexity index is 1770. The van der Waals surface area contributed by atoms with E-state index in [0.29, 0.717) is 0 Å². The van der Waals surface area contributed by atoms with Gasteiger partial charge in [0.2, 0.25) is 0 Å². The summed E-state index contributed by atoms with van der Waals surface area (Å²) in [6.45, 7) is 0. The largest absolute Gasteiger partial charge is 0.497 e. The van der Waals surface area contributed by atoms with Crippen LogP contribution in [0.25, 0.3) is 36.5 Å². The van der Waals surface area contributed by atoms with Crippen LogP contribution in [0.4, 0.5) is 17.1 Å². The van der Waals surface area contributed by atoms with Crippen LogP contribution in [-0.4, -0.2) is 21.3 Å². The van der Waals surface area contributed by atoms with Gasteiger partial charge in [-0.05, 0) is 106 Å².